The van der Waals surface area contributed by atoms with Crippen molar-refractivity contribution in [3.8, 4) is 0 Å². The van der Waals surface area contributed by atoms with Crippen LogP contribution in [0.3, 0.4) is 0 Å². The highest BCUT2D eigenvalue weighted by molar-refractivity contribution is 5.91. The largest absolute Gasteiger partial charge is 0.466 e. The normalized spacial score (nSPS) is 11.9. The van der Waals surface area contributed by atoms with Crippen LogP contribution in [0.2, 0.25) is 0 Å². The number of halogens is 1. The van der Waals surface area contributed by atoms with Crippen molar-refractivity contribution in [1.82, 2.24) is 0 Å². The van der Waals surface area contributed by atoms with Gasteiger partial charge in [0, 0.05) is 6.92 Å². The number of esters is 2. The molecule has 0 bridgehead atoms. The van der Waals surface area contributed by atoms with Gasteiger partial charge in [-0.25, -0.2) is 4.39 Å². The van der Waals surface area contributed by atoms with E-state index in [0.717, 1.165) is 6.92 Å². The molecule has 0 aromatic rings. The van der Waals surface area contributed by atoms with E-state index in [-0.39, 0.29) is 6.61 Å². The lowest BCUT2D eigenvalue weighted by Gasteiger charge is -2.04. The smallest absolute Gasteiger partial charge is 0.319 e. The molecular weight excluding hydrogens is 167 g/mol. The second-order valence-electron chi connectivity index (χ2n) is 2.01. The standard InChI is InChI=1S/C7H11FO4/c1-3-11-6(9)4-7(10)12-5(2)8/h5H,3-4H2,1-2H3. The molecule has 0 rings (SSSR count). The molecule has 0 radical (unpaired) electrons. The maximum Gasteiger partial charge on any atom is 0.319 e. The minimum absolute atomic E-state index is 0.192. The van der Waals surface area contributed by atoms with Crippen LogP contribution in [0, 0.1) is 0 Å². The van der Waals surface area contributed by atoms with E-state index in [1.807, 2.05) is 0 Å². The molecule has 0 amide bonds. The first-order valence-electron chi connectivity index (χ1n) is 3.55. The number of hydrogen-bond donors (Lipinski definition) is 0. The number of carbonyl (C=O) groups excluding carboxylic acids is 2. The molecule has 0 aromatic carbocycles. The molecule has 12 heavy (non-hydrogen) atoms. The van der Waals surface area contributed by atoms with E-state index in [0.29, 0.717) is 0 Å². The van der Waals surface area contributed by atoms with Crippen LogP contribution in [-0.2, 0) is 19.1 Å². The molecule has 1 atom stereocenters. The van der Waals surface area contributed by atoms with Crippen molar-refractivity contribution in [3.63, 3.8) is 0 Å². The molecule has 0 aliphatic carbocycles. The summed E-state index contributed by atoms with van der Waals surface area (Å²) in [6.07, 6.45) is -2.23. The first-order chi connectivity index (χ1) is 5.56. The lowest BCUT2D eigenvalue weighted by Crippen LogP contribution is -2.16. The Hall–Kier alpha value is -1.13. The SMILES string of the molecule is CCOC(=O)CC(=O)OC(C)F. The Morgan fingerprint density at radius 1 is 1.42 bits per heavy atom. The Morgan fingerprint density at radius 3 is 2.42 bits per heavy atom. The van der Waals surface area contributed by atoms with Crippen molar-refractivity contribution < 1.29 is 23.5 Å². The summed E-state index contributed by atoms with van der Waals surface area (Å²) in [6, 6.07) is 0. The van der Waals surface area contributed by atoms with E-state index in [2.05, 4.69) is 9.47 Å². The Kier molecular flexibility index (Phi) is 4.99. The van der Waals surface area contributed by atoms with Gasteiger partial charge in [-0.2, -0.15) is 0 Å². The molecule has 1 unspecified atom stereocenters. The molecule has 4 nitrogen and oxygen atoms in total. The summed E-state index contributed by atoms with van der Waals surface area (Å²) in [5.74, 6) is -1.62. The van der Waals surface area contributed by atoms with E-state index in [9.17, 15) is 14.0 Å². The molecule has 0 heterocycles. The lowest BCUT2D eigenvalue weighted by atomic mass is 10.4. The van der Waals surface area contributed by atoms with Crippen LogP contribution in [-0.4, -0.2) is 24.9 Å². The van der Waals surface area contributed by atoms with Crippen LogP contribution in [0.15, 0.2) is 0 Å². The summed E-state index contributed by atoms with van der Waals surface area (Å²) in [7, 11) is 0. The molecule has 0 saturated carbocycles. The average Bonchev–Trinajstić information content (AvgIpc) is 1.84. The molecule has 0 aromatic heterocycles. The fourth-order valence-corrected chi connectivity index (χ4v) is 0.553. The van der Waals surface area contributed by atoms with Gasteiger partial charge < -0.3 is 9.47 Å². The van der Waals surface area contributed by atoms with Gasteiger partial charge in [0.2, 0.25) is 6.36 Å². The van der Waals surface area contributed by atoms with Gasteiger partial charge in [-0.3, -0.25) is 9.59 Å². The number of carbonyl (C=O) groups is 2. The van der Waals surface area contributed by atoms with Crippen LogP contribution < -0.4 is 0 Å². The van der Waals surface area contributed by atoms with Crippen LogP contribution in [0.4, 0.5) is 4.39 Å². The molecule has 0 N–H and O–H groups in total. The molecule has 70 valence electrons. The molecular formula is C7H11FO4. The minimum Gasteiger partial charge on any atom is -0.466 e. The van der Waals surface area contributed by atoms with Gasteiger partial charge in [-0.05, 0) is 6.92 Å². The van der Waals surface area contributed by atoms with Gasteiger partial charge in [0.05, 0.1) is 6.61 Å². The highest BCUT2D eigenvalue weighted by Crippen LogP contribution is 1.96. The van der Waals surface area contributed by atoms with Crippen molar-refractivity contribution >= 4 is 11.9 Å². The monoisotopic (exact) mass is 178 g/mol. The minimum atomic E-state index is -1.69. The van der Waals surface area contributed by atoms with Crippen molar-refractivity contribution in [2.24, 2.45) is 0 Å². The van der Waals surface area contributed by atoms with Gasteiger partial charge in [0.1, 0.15) is 6.42 Å². The van der Waals surface area contributed by atoms with E-state index in [1.54, 1.807) is 6.92 Å². The zero-order valence-corrected chi connectivity index (χ0v) is 7.00. The van der Waals surface area contributed by atoms with E-state index >= 15 is 0 Å². The molecule has 0 spiro atoms. The van der Waals surface area contributed by atoms with Gasteiger partial charge >= 0.3 is 11.9 Å². The van der Waals surface area contributed by atoms with Gasteiger partial charge in [-0.1, -0.05) is 0 Å². The average molecular weight is 178 g/mol. The van der Waals surface area contributed by atoms with Crippen molar-refractivity contribution in [2.75, 3.05) is 6.61 Å². The topological polar surface area (TPSA) is 52.6 Å². The first kappa shape index (κ1) is 10.9. The van der Waals surface area contributed by atoms with E-state index in [1.165, 1.54) is 0 Å². The van der Waals surface area contributed by atoms with E-state index in [4.69, 9.17) is 0 Å². The van der Waals surface area contributed by atoms with Crippen molar-refractivity contribution in [3.05, 3.63) is 0 Å². The molecule has 0 saturated heterocycles. The summed E-state index contributed by atoms with van der Waals surface area (Å²) in [5, 5.41) is 0. The third-order valence-electron chi connectivity index (χ3n) is 0.888. The number of hydrogen-bond acceptors (Lipinski definition) is 4. The summed E-state index contributed by atoms with van der Waals surface area (Å²) in [5.41, 5.74) is 0. The number of rotatable bonds is 4. The third-order valence-corrected chi connectivity index (χ3v) is 0.888. The predicted octanol–water partition coefficient (Wildman–Crippen LogP) is 0.798. The van der Waals surface area contributed by atoms with Crippen molar-refractivity contribution in [2.45, 2.75) is 26.6 Å². The molecule has 0 aliphatic rings. The van der Waals surface area contributed by atoms with Crippen LogP contribution >= 0.6 is 0 Å². The maximum atomic E-state index is 12.0. The maximum absolute atomic E-state index is 12.0. The Labute approximate surface area is 69.6 Å². The summed E-state index contributed by atoms with van der Waals surface area (Å²) >= 11 is 0. The molecule has 0 aliphatic heterocycles. The highest BCUT2D eigenvalue weighted by atomic mass is 19.1. The Balaban J connectivity index is 3.62. The van der Waals surface area contributed by atoms with Gasteiger partial charge in [-0.15, -0.1) is 0 Å². The van der Waals surface area contributed by atoms with Crippen LogP contribution in [0.1, 0.15) is 20.3 Å². The highest BCUT2D eigenvalue weighted by Gasteiger charge is 2.13. The Morgan fingerprint density at radius 2 is 2.00 bits per heavy atom. The third kappa shape index (κ3) is 5.64. The Bertz CT molecular complexity index is 167. The number of ether oxygens (including phenoxy) is 2. The summed E-state index contributed by atoms with van der Waals surface area (Å²) < 4.78 is 20.5. The molecule has 0 fully saturated rings. The van der Waals surface area contributed by atoms with Gasteiger partial charge in [0.25, 0.3) is 0 Å². The fraction of sp³-hybridized carbons (Fsp3) is 0.714. The summed E-state index contributed by atoms with van der Waals surface area (Å²) in [6.45, 7) is 2.86. The van der Waals surface area contributed by atoms with Crippen LogP contribution in [0.5, 0.6) is 0 Å². The van der Waals surface area contributed by atoms with E-state index < -0.39 is 24.7 Å². The van der Waals surface area contributed by atoms with Crippen LogP contribution in [0.25, 0.3) is 0 Å². The zero-order chi connectivity index (χ0) is 9.56. The second kappa shape index (κ2) is 5.51. The summed E-state index contributed by atoms with van der Waals surface area (Å²) in [4.78, 5) is 21.2. The van der Waals surface area contributed by atoms with Gasteiger partial charge in [0.15, 0.2) is 0 Å². The molecule has 5 heteroatoms. The predicted molar refractivity (Wildman–Crippen MR) is 37.9 cm³/mol. The number of alkyl halides is 1. The fourth-order valence-electron chi connectivity index (χ4n) is 0.553. The zero-order valence-electron chi connectivity index (χ0n) is 7.00. The quantitative estimate of drug-likeness (QED) is 0.472. The first-order valence-corrected chi connectivity index (χ1v) is 3.55. The second-order valence-corrected chi connectivity index (χ2v) is 2.01. The van der Waals surface area contributed by atoms with Crippen molar-refractivity contribution in [1.29, 1.82) is 0 Å². The lowest BCUT2D eigenvalue weighted by molar-refractivity contribution is -0.162.